The van der Waals surface area contributed by atoms with Crippen LogP contribution in [0.2, 0.25) is 0 Å². The largest absolute Gasteiger partial charge is 0.396 e. The van der Waals surface area contributed by atoms with Gasteiger partial charge in [-0.1, -0.05) is 31.4 Å². The summed E-state index contributed by atoms with van der Waals surface area (Å²) >= 11 is 0. The molecular formula is C23H28N2O2. The molecule has 0 amide bonds. The number of aliphatic hydroxyl groups is 1. The first-order valence-corrected chi connectivity index (χ1v) is 10.1. The molecule has 1 saturated carbocycles. The van der Waals surface area contributed by atoms with Crippen molar-refractivity contribution in [3.63, 3.8) is 0 Å². The third kappa shape index (κ3) is 3.86. The van der Waals surface area contributed by atoms with Crippen LogP contribution in [-0.2, 0) is 6.42 Å². The van der Waals surface area contributed by atoms with E-state index in [9.17, 15) is 5.11 Å². The van der Waals surface area contributed by atoms with Gasteiger partial charge in [0.2, 0.25) is 0 Å². The first kappa shape index (κ1) is 18.1. The summed E-state index contributed by atoms with van der Waals surface area (Å²) in [5, 5.41) is 11.4. The number of hydrogen-bond acceptors (Lipinski definition) is 3. The van der Waals surface area contributed by atoms with Crippen LogP contribution in [0, 0.1) is 6.92 Å². The average Bonchev–Trinajstić information content (AvgIpc) is 3.10. The van der Waals surface area contributed by atoms with Crippen molar-refractivity contribution in [3.8, 4) is 5.75 Å². The van der Waals surface area contributed by atoms with Gasteiger partial charge in [0.05, 0.1) is 5.69 Å². The minimum absolute atomic E-state index is 0.223. The maximum atomic E-state index is 9.19. The summed E-state index contributed by atoms with van der Waals surface area (Å²) < 4.78 is 1.98. The molecule has 0 spiro atoms. The van der Waals surface area contributed by atoms with Crippen LogP contribution in [0.5, 0.6) is 5.75 Å². The predicted molar refractivity (Wildman–Crippen MR) is 108 cm³/mol. The molecule has 0 unspecified atom stereocenters. The maximum absolute atomic E-state index is 9.19. The lowest BCUT2D eigenvalue weighted by molar-refractivity contribution is 0.200. The van der Waals surface area contributed by atoms with Crippen molar-refractivity contribution in [2.24, 2.45) is 0 Å². The molecular weight excluding hydrogens is 336 g/mol. The Morgan fingerprint density at radius 1 is 1.19 bits per heavy atom. The SMILES string of the molecule is Cc1cncc2cccc(On3cc(CCCO)cc3C3CCCCC3)c12. The number of benzene rings is 1. The highest BCUT2D eigenvalue weighted by Crippen LogP contribution is 2.35. The number of rotatable bonds is 6. The van der Waals surface area contributed by atoms with Gasteiger partial charge in [-0.25, -0.2) is 0 Å². The zero-order valence-corrected chi connectivity index (χ0v) is 16.0. The molecule has 0 bridgehead atoms. The molecule has 0 aliphatic heterocycles. The van der Waals surface area contributed by atoms with E-state index in [4.69, 9.17) is 4.84 Å². The first-order chi connectivity index (χ1) is 13.3. The van der Waals surface area contributed by atoms with Gasteiger partial charge in [-0.05, 0) is 55.9 Å². The molecule has 4 rings (SSSR count). The summed E-state index contributed by atoms with van der Waals surface area (Å²) in [6, 6.07) is 8.42. The zero-order valence-electron chi connectivity index (χ0n) is 16.0. The van der Waals surface area contributed by atoms with Crippen LogP contribution in [-0.4, -0.2) is 21.4 Å². The molecule has 1 N–H and O–H groups in total. The molecule has 0 radical (unpaired) electrons. The van der Waals surface area contributed by atoms with Crippen molar-refractivity contribution in [1.29, 1.82) is 0 Å². The van der Waals surface area contributed by atoms with Crippen molar-refractivity contribution in [2.75, 3.05) is 6.61 Å². The highest BCUT2D eigenvalue weighted by molar-refractivity contribution is 5.90. The minimum atomic E-state index is 0.223. The van der Waals surface area contributed by atoms with Crippen LogP contribution in [0.4, 0.5) is 0 Å². The second-order valence-electron chi connectivity index (χ2n) is 7.66. The highest BCUT2D eigenvalue weighted by atomic mass is 16.7. The Bertz CT molecular complexity index is 905. The minimum Gasteiger partial charge on any atom is -0.396 e. The molecule has 1 aromatic carbocycles. The number of pyridine rings is 1. The van der Waals surface area contributed by atoms with Gasteiger partial charge in [0.25, 0.3) is 0 Å². The van der Waals surface area contributed by atoms with Crippen molar-refractivity contribution in [2.45, 2.75) is 57.8 Å². The quantitative estimate of drug-likeness (QED) is 0.657. The van der Waals surface area contributed by atoms with Gasteiger partial charge in [0, 0.05) is 41.9 Å². The standard InChI is InChI=1S/C23H28N2O2/c1-17-14-24-15-20-10-5-11-22(23(17)20)27-25-16-18(7-6-12-26)13-21(25)19-8-3-2-4-9-19/h5,10-11,13-16,19,26H,2-4,6-9,12H2,1H3. The summed E-state index contributed by atoms with van der Waals surface area (Å²) in [5.41, 5.74) is 3.63. The molecule has 1 fully saturated rings. The smallest absolute Gasteiger partial charge is 0.164 e. The van der Waals surface area contributed by atoms with E-state index in [1.807, 2.05) is 29.3 Å². The van der Waals surface area contributed by atoms with Crippen molar-refractivity contribution in [1.82, 2.24) is 9.71 Å². The number of aliphatic hydroxyl groups excluding tert-OH is 1. The molecule has 4 heteroatoms. The lowest BCUT2D eigenvalue weighted by Gasteiger charge is -2.23. The summed E-state index contributed by atoms with van der Waals surface area (Å²) in [5.74, 6) is 1.42. The maximum Gasteiger partial charge on any atom is 0.164 e. The second kappa shape index (κ2) is 8.13. The number of nitrogens with zero attached hydrogens (tertiary/aromatic N) is 2. The summed E-state index contributed by atoms with van der Waals surface area (Å²) in [6.07, 6.45) is 13.9. The van der Waals surface area contributed by atoms with E-state index in [0.29, 0.717) is 5.92 Å². The van der Waals surface area contributed by atoms with Crippen molar-refractivity contribution < 1.29 is 9.94 Å². The van der Waals surface area contributed by atoms with E-state index < -0.39 is 0 Å². The van der Waals surface area contributed by atoms with E-state index in [1.54, 1.807) is 0 Å². The first-order valence-electron chi connectivity index (χ1n) is 10.1. The second-order valence-corrected chi connectivity index (χ2v) is 7.66. The average molecular weight is 364 g/mol. The number of hydrogen-bond donors (Lipinski definition) is 1. The molecule has 0 atom stereocenters. The van der Waals surface area contributed by atoms with Crippen LogP contribution in [0.1, 0.15) is 61.3 Å². The van der Waals surface area contributed by atoms with E-state index in [1.165, 1.54) is 43.4 Å². The van der Waals surface area contributed by atoms with Crippen LogP contribution in [0.15, 0.2) is 42.9 Å². The van der Waals surface area contributed by atoms with Crippen molar-refractivity contribution in [3.05, 3.63) is 59.7 Å². The van der Waals surface area contributed by atoms with E-state index >= 15 is 0 Å². The van der Waals surface area contributed by atoms with Gasteiger partial charge in [-0.3, -0.25) is 4.98 Å². The van der Waals surface area contributed by atoms with Crippen LogP contribution >= 0.6 is 0 Å². The normalized spacial score (nSPS) is 15.3. The highest BCUT2D eigenvalue weighted by Gasteiger charge is 2.21. The summed E-state index contributed by atoms with van der Waals surface area (Å²) in [4.78, 5) is 10.7. The van der Waals surface area contributed by atoms with Gasteiger partial charge >= 0.3 is 0 Å². The fourth-order valence-electron chi connectivity index (χ4n) is 4.26. The Morgan fingerprint density at radius 3 is 2.85 bits per heavy atom. The van der Waals surface area contributed by atoms with Gasteiger partial charge in [0.1, 0.15) is 0 Å². The fraction of sp³-hybridized carbons (Fsp3) is 0.435. The van der Waals surface area contributed by atoms with Gasteiger partial charge in [0.15, 0.2) is 5.75 Å². The Hall–Kier alpha value is -2.33. The van der Waals surface area contributed by atoms with Gasteiger partial charge in [-0.15, -0.1) is 0 Å². The fourth-order valence-corrected chi connectivity index (χ4v) is 4.26. The molecule has 1 aliphatic rings. The Morgan fingerprint density at radius 2 is 2.04 bits per heavy atom. The topological polar surface area (TPSA) is 47.3 Å². The summed E-state index contributed by atoms with van der Waals surface area (Å²) in [7, 11) is 0. The molecule has 2 aromatic heterocycles. The van der Waals surface area contributed by atoms with Crippen LogP contribution < -0.4 is 4.84 Å². The van der Waals surface area contributed by atoms with Crippen LogP contribution in [0.3, 0.4) is 0 Å². The zero-order chi connectivity index (χ0) is 18.6. The van der Waals surface area contributed by atoms with Gasteiger partial charge in [-0.2, -0.15) is 4.73 Å². The summed E-state index contributed by atoms with van der Waals surface area (Å²) in [6.45, 7) is 2.30. The Kier molecular flexibility index (Phi) is 5.44. The predicted octanol–water partition coefficient (Wildman–Crippen LogP) is 5.16. The lowest BCUT2D eigenvalue weighted by Crippen LogP contribution is -2.14. The van der Waals surface area contributed by atoms with Crippen LogP contribution in [0.25, 0.3) is 10.8 Å². The van der Waals surface area contributed by atoms with Gasteiger partial charge < -0.3 is 9.94 Å². The molecule has 27 heavy (non-hydrogen) atoms. The molecule has 2 heterocycles. The lowest BCUT2D eigenvalue weighted by atomic mass is 9.87. The van der Waals surface area contributed by atoms with E-state index in [0.717, 1.165) is 34.9 Å². The number of aromatic nitrogens is 2. The molecule has 3 aromatic rings. The Balaban J connectivity index is 1.71. The van der Waals surface area contributed by atoms with E-state index in [-0.39, 0.29) is 6.61 Å². The Labute approximate surface area is 160 Å². The molecule has 4 nitrogen and oxygen atoms in total. The van der Waals surface area contributed by atoms with E-state index in [2.05, 4.69) is 30.2 Å². The molecule has 0 saturated heterocycles. The number of aryl methyl sites for hydroxylation is 2. The third-order valence-electron chi connectivity index (χ3n) is 5.65. The van der Waals surface area contributed by atoms with Crippen molar-refractivity contribution >= 4 is 10.8 Å². The third-order valence-corrected chi connectivity index (χ3v) is 5.65. The molecule has 1 aliphatic carbocycles. The molecule has 142 valence electrons. The monoisotopic (exact) mass is 364 g/mol. The number of fused-ring (bicyclic) bond motifs is 1.